The van der Waals surface area contributed by atoms with Crippen LogP contribution in [0.5, 0.6) is 0 Å². The smallest absolute Gasteiger partial charge is 0.0795 e. The van der Waals surface area contributed by atoms with Crippen LogP contribution in [0.1, 0.15) is 24.2 Å². The molecule has 1 unspecified atom stereocenters. The molecule has 0 saturated heterocycles. The van der Waals surface area contributed by atoms with Gasteiger partial charge in [-0.05, 0) is 24.6 Å². The molecule has 0 aliphatic heterocycles. The van der Waals surface area contributed by atoms with Crippen molar-refractivity contribution in [3.63, 3.8) is 0 Å². The molecule has 1 aromatic carbocycles. The first-order chi connectivity index (χ1) is 7.75. The van der Waals surface area contributed by atoms with Gasteiger partial charge < -0.3 is 5.73 Å². The first-order valence-corrected chi connectivity index (χ1v) is 7.04. The standard InChI is InChI=1S/C12H14N2S2/c1-9(13)10-3-2-4-12(5-10)16-7-11-6-15-8-14-11/h2-6,8-9H,7,13H2,1H3. The summed E-state index contributed by atoms with van der Waals surface area (Å²) in [5, 5.41) is 2.09. The first-order valence-electron chi connectivity index (χ1n) is 5.11. The van der Waals surface area contributed by atoms with Gasteiger partial charge in [0.2, 0.25) is 0 Å². The van der Waals surface area contributed by atoms with Crippen LogP contribution < -0.4 is 5.73 Å². The molecule has 0 fully saturated rings. The minimum atomic E-state index is 0.0971. The van der Waals surface area contributed by atoms with Crippen LogP contribution in [-0.4, -0.2) is 4.98 Å². The summed E-state index contributed by atoms with van der Waals surface area (Å²) in [4.78, 5) is 5.51. The van der Waals surface area contributed by atoms with E-state index in [-0.39, 0.29) is 6.04 Å². The fourth-order valence-corrected chi connectivity index (χ4v) is 2.88. The van der Waals surface area contributed by atoms with E-state index >= 15 is 0 Å². The molecule has 1 atom stereocenters. The summed E-state index contributed by atoms with van der Waals surface area (Å²) in [6.45, 7) is 2.00. The van der Waals surface area contributed by atoms with Crippen LogP contribution in [0, 0.1) is 0 Å². The molecule has 2 N–H and O–H groups in total. The molecule has 2 nitrogen and oxygen atoms in total. The molecule has 0 amide bonds. The van der Waals surface area contributed by atoms with E-state index in [9.17, 15) is 0 Å². The highest BCUT2D eigenvalue weighted by Gasteiger charge is 2.02. The zero-order valence-corrected chi connectivity index (χ0v) is 10.7. The van der Waals surface area contributed by atoms with Crippen molar-refractivity contribution in [1.29, 1.82) is 0 Å². The van der Waals surface area contributed by atoms with E-state index in [0.717, 1.165) is 11.4 Å². The maximum absolute atomic E-state index is 5.85. The summed E-state index contributed by atoms with van der Waals surface area (Å²) >= 11 is 3.44. The van der Waals surface area contributed by atoms with E-state index < -0.39 is 0 Å². The summed E-state index contributed by atoms with van der Waals surface area (Å²) in [6.07, 6.45) is 0. The fourth-order valence-electron chi connectivity index (χ4n) is 1.35. The number of thiazole rings is 1. The molecule has 4 heteroatoms. The second kappa shape index (κ2) is 5.48. The zero-order valence-electron chi connectivity index (χ0n) is 9.09. The second-order valence-electron chi connectivity index (χ2n) is 3.63. The van der Waals surface area contributed by atoms with E-state index in [1.165, 1.54) is 10.5 Å². The summed E-state index contributed by atoms with van der Waals surface area (Å²) < 4.78 is 0. The van der Waals surface area contributed by atoms with Gasteiger partial charge in [0.05, 0.1) is 11.2 Å². The average molecular weight is 250 g/mol. The van der Waals surface area contributed by atoms with Crippen LogP contribution in [0.4, 0.5) is 0 Å². The van der Waals surface area contributed by atoms with Gasteiger partial charge in [0, 0.05) is 22.1 Å². The molecular weight excluding hydrogens is 236 g/mol. The van der Waals surface area contributed by atoms with Gasteiger partial charge in [-0.25, -0.2) is 4.98 Å². The largest absolute Gasteiger partial charge is 0.324 e. The third-order valence-electron chi connectivity index (χ3n) is 2.25. The maximum Gasteiger partial charge on any atom is 0.0795 e. The Hall–Kier alpha value is -0.840. The number of benzene rings is 1. The van der Waals surface area contributed by atoms with Crippen molar-refractivity contribution in [3.8, 4) is 0 Å². The van der Waals surface area contributed by atoms with Gasteiger partial charge in [0.15, 0.2) is 0 Å². The molecule has 84 valence electrons. The summed E-state index contributed by atoms with van der Waals surface area (Å²) in [7, 11) is 0. The molecule has 0 aliphatic carbocycles. The van der Waals surface area contributed by atoms with Gasteiger partial charge in [-0.3, -0.25) is 0 Å². The minimum Gasteiger partial charge on any atom is -0.324 e. The Morgan fingerprint density at radius 1 is 1.50 bits per heavy atom. The third kappa shape index (κ3) is 3.07. The van der Waals surface area contributed by atoms with Gasteiger partial charge in [-0.1, -0.05) is 12.1 Å². The Kier molecular flexibility index (Phi) is 3.98. The van der Waals surface area contributed by atoms with Crippen molar-refractivity contribution in [2.24, 2.45) is 5.73 Å². The van der Waals surface area contributed by atoms with E-state index in [2.05, 4.69) is 34.6 Å². The zero-order chi connectivity index (χ0) is 11.4. The molecule has 0 radical (unpaired) electrons. The SMILES string of the molecule is CC(N)c1cccc(SCc2cscn2)c1. The van der Waals surface area contributed by atoms with Gasteiger partial charge in [-0.15, -0.1) is 23.1 Å². The number of rotatable bonds is 4. The lowest BCUT2D eigenvalue weighted by atomic mass is 10.1. The fraction of sp³-hybridized carbons (Fsp3) is 0.250. The quantitative estimate of drug-likeness (QED) is 0.845. The Labute approximate surface area is 104 Å². The van der Waals surface area contributed by atoms with Gasteiger partial charge >= 0.3 is 0 Å². The topological polar surface area (TPSA) is 38.9 Å². The van der Waals surface area contributed by atoms with E-state index in [1.54, 1.807) is 23.1 Å². The van der Waals surface area contributed by atoms with Crippen LogP contribution in [-0.2, 0) is 5.75 Å². The molecule has 1 heterocycles. The van der Waals surface area contributed by atoms with Gasteiger partial charge in [-0.2, -0.15) is 0 Å². The van der Waals surface area contributed by atoms with E-state index in [1.807, 2.05) is 12.4 Å². The lowest BCUT2D eigenvalue weighted by molar-refractivity contribution is 0.815. The highest BCUT2D eigenvalue weighted by molar-refractivity contribution is 7.98. The van der Waals surface area contributed by atoms with E-state index in [0.29, 0.717) is 0 Å². The van der Waals surface area contributed by atoms with Crippen molar-refractivity contribution in [3.05, 3.63) is 46.4 Å². The van der Waals surface area contributed by atoms with Crippen molar-refractivity contribution in [2.45, 2.75) is 23.6 Å². The number of hydrogen-bond donors (Lipinski definition) is 1. The predicted molar refractivity (Wildman–Crippen MR) is 70.7 cm³/mol. The van der Waals surface area contributed by atoms with Crippen LogP contribution in [0.25, 0.3) is 0 Å². The normalized spacial score (nSPS) is 12.6. The van der Waals surface area contributed by atoms with Gasteiger partial charge in [0.1, 0.15) is 0 Å². The third-order valence-corrected chi connectivity index (χ3v) is 3.92. The molecule has 0 aliphatic rings. The monoisotopic (exact) mass is 250 g/mol. The molecule has 1 aromatic heterocycles. The molecular formula is C12H14N2S2. The van der Waals surface area contributed by atoms with Crippen LogP contribution in [0.3, 0.4) is 0 Å². The van der Waals surface area contributed by atoms with Crippen LogP contribution >= 0.6 is 23.1 Å². The second-order valence-corrected chi connectivity index (χ2v) is 5.40. The Morgan fingerprint density at radius 3 is 3.06 bits per heavy atom. The summed E-state index contributed by atoms with van der Waals surface area (Å²) in [5.41, 5.74) is 10.0. The number of thioether (sulfide) groups is 1. The van der Waals surface area contributed by atoms with Crippen LogP contribution in [0.15, 0.2) is 40.1 Å². The predicted octanol–water partition coefficient (Wildman–Crippen LogP) is 3.46. The number of nitrogens with two attached hydrogens (primary N) is 1. The first kappa shape index (κ1) is 11.6. The average Bonchev–Trinajstić information content (AvgIpc) is 2.79. The Bertz CT molecular complexity index is 438. The lowest BCUT2D eigenvalue weighted by Crippen LogP contribution is -2.04. The number of nitrogens with zero attached hydrogens (tertiary/aromatic N) is 1. The maximum atomic E-state index is 5.85. The minimum absolute atomic E-state index is 0.0971. The summed E-state index contributed by atoms with van der Waals surface area (Å²) in [6, 6.07) is 8.49. The number of aromatic nitrogens is 1. The Balaban J connectivity index is 2.01. The van der Waals surface area contributed by atoms with E-state index in [4.69, 9.17) is 5.73 Å². The molecule has 0 spiro atoms. The molecule has 0 bridgehead atoms. The summed E-state index contributed by atoms with van der Waals surface area (Å²) in [5.74, 6) is 0.923. The van der Waals surface area contributed by atoms with Crippen molar-refractivity contribution >= 4 is 23.1 Å². The molecule has 2 aromatic rings. The molecule has 0 saturated carbocycles. The molecule has 16 heavy (non-hydrogen) atoms. The van der Waals surface area contributed by atoms with Crippen molar-refractivity contribution in [1.82, 2.24) is 4.98 Å². The lowest BCUT2D eigenvalue weighted by Gasteiger charge is -2.07. The molecule has 2 rings (SSSR count). The highest BCUT2D eigenvalue weighted by atomic mass is 32.2. The highest BCUT2D eigenvalue weighted by Crippen LogP contribution is 2.24. The van der Waals surface area contributed by atoms with Crippen LogP contribution in [0.2, 0.25) is 0 Å². The Morgan fingerprint density at radius 2 is 2.38 bits per heavy atom. The number of hydrogen-bond acceptors (Lipinski definition) is 4. The van der Waals surface area contributed by atoms with Gasteiger partial charge in [0.25, 0.3) is 0 Å². The van der Waals surface area contributed by atoms with Crippen molar-refractivity contribution in [2.75, 3.05) is 0 Å². The van der Waals surface area contributed by atoms with Crippen molar-refractivity contribution < 1.29 is 0 Å².